The molecule has 5 nitrogen and oxygen atoms in total. The zero-order chi connectivity index (χ0) is 15.0. The number of amides is 1. The Kier molecular flexibility index (Phi) is 3.05. The van der Waals surface area contributed by atoms with E-state index in [0.29, 0.717) is 18.2 Å². The van der Waals surface area contributed by atoms with Gasteiger partial charge in [-0.05, 0) is 24.3 Å². The van der Waals surface area contributed by atoms with Gasteiger partial charge < -0.3 is 15.2 Å². The number of ether oxygens (including phenoxy) is 1. The van der Waals surface area contributed by atoms with Gasteiger partial charge in [-0.25, -0.2) is 4.79 Å². The lowest BCUT2D eigenvalue weighted by atomic mass is 10.0. The summed E-state index contributed by atoms with van der Waals surface area (Å²) >= 11 is 0. The second-order valence-corrected chi connectivity index (χ2v) is 5.21. The van der Waals surface area contributed by atoms with E-state index in [-0.39, 0.29) is 11.3 Å². The first-order valence-electron chi connectivity index (χ1n) is 6.69. The van der Waals surface area contributed by atoms with Crippen molar-refractivity contribution in [3.63, 3.8) is 0 Å². The minimum absolute atomic E-state index is 0.0775. The molecule has 1 saturated carbocycles. The van der Waals surface area contributed by atoms with Crippen LogP contribution in [-0.2, 0) is 9.53 Å². The fourth-order valence-electron chi connectivity index (χ4n) is 2.42. The monoisotopic (exact) mass is 285 g/mol. The summed E-state index contributed by atoms with van der Waals surface area (Å²) < 4.78 is 4.70. The average Bonchev–Trinajstić information content (AvgIpc) is 3.27. The lowest BCUT2D eigenvalue weighted by Crippen LogP contribution is -2.43. The predicted octanol–water partition coefficient (Wildman–Crippen LogP) is 1.98. The number of aromatic hydroxyl groups is 1. The van der Waals surface area contributed by atoms with Gasteiger partial charge in [0.25, 0.3) is 5.91 Å². The molecular formula is C16H15NO4. The Morgan fingerprint density at radius 3 is 2.57 bits per heavy atom. The van der Waals surface area contributed by atoms with Crippen molar-refractivity contribution in [3.05, 3.63) is 42.0 Å². The molecular weight excluding hydrogens is 270 g/mol. The van der Waals surface area contributed by atoms with Gasteiger partial charge in [-0.15, -0.1) is 0 Å². The third kappa shape index (κ3) is 2.20. The Labute approximate surface area is 121 Å². The van der Waals surface area contributed by atoms with Gasteiger partial charge in [0.05, 0.1) is 12.7 Å². The van der Waals surface area contributed by atoms with Crippen LogP contribution in [0.25, 0.3) is 10.8 Å². The number of fused-ring (bicyclic) bond motifs is 1. The van der Waals surface area contributed by atoms with E-state index in [4.69, 9.17) is 4.74 Å². The molecule has 2 aromatic carbocycles. The maximum Gasteiger partial charge on any atom is 0.331 e. The van der Waals surface area contributed by atoms with E-state index in [1.165, 1.54) is 7.11 Å². The largest absolute Gasteiger partial charge is 0.506 e. The van der Waals surface area contributed by atoms with Gasteiger partial charge in [0.15, 0.2) is 0 Å². The van der Waals surface area contributed by atoms with Crippen LogP contribution in [0.2, 0.25) is 0 Å². The first-order valence-corrected chi connectivity index (χ1v) is 6.69. The first-order chi connectivity index (χ1) is 10.1. The van der Waals surface area contributed by atoms with E-state index >= 15 is 0 Å². The Bertz CT molecular complexity index is 734. The molecule has 108 valence electrons. The number of rotatable bonds is 3. The van der Waals surface area contributed by atoms with E-state index < -0.39 is 17.4 Å². The molecule has 0 atom stereocenters. The molecule has 0 aromatic heterocycles. The van der Waals surface area contributed by atoms with Gasteiger partial charge in [-0.1, -0.05) is 30.3 Å². The standard InChI is InChI=1S/C16H15NO4/c1-21-15(20)16(8-9-16)17-14(19)12-7-6-10-4-2-3-5-11(10)13(12)18/h2-7,18H,8-9H2,1H3,(H,17,19). The Morgan fingerprint density at radius 1 is 1.19 bits per heavy atom. The molecule has 1 fully saturated rings. The number of benzene rings is 2. The summed E-state index contributed by atoms with van der Waals surface area (Å²) in [7, 11) is 1.29. The molecule has 0 spiro atoms. The molecule has 0 unspecified atom stereocenters. The number of carbonyl (C=O) groups excluding carboxylic acids is 2. The highest BCUT2D eigenvalue weighted by Gasteiger charge is 2.52. The minimum atomic E-state index is -0.927. The number of carbonyl (C=O) groups is 2. The smallest absolute Gasteiger partial charge is 0.331 e. The van der Waals surface area contributed by atoms with Crippen molar-refractivity contribution in [1.82, 2.24) is 5.32 Å². The van der Waals surface area contributed by atoms with Gasteiger partial charge >= 0.3 is 5.97 Å². The Balaban J connectivity index is 1.92. The van der Waals surface area contributed by atoms with Crippen LogP contribution >= 0.6 is 0 Å². The van der Waals surface area contributed by atoms with Crippen LogP contribution in [0.15, 0.2) is 36.4 Å². The number of hydrogen-bond donors (Lipinski definition) is 2. The van der Waals surface area contributed by atoms with Gasteiger partial charge in [0, 0.05) is 5.39 Å². The molecule has 0 saturated heterocycles. The van der Waals surface area contributed by atoms with Crippen molar-refractivity contribution in [2.75, 3.05) is 7.11 Å². The summed E-state index contributed by atoms with van der Waals surface area (Å²) in [5.74, 6) is -0.997. The van der Waals surface area contributed by atoms with Crippen molar-refractivity contribution >= 4 is 22.6 Å². The van der Waals surface area contributed by atoms with Crippen molar-refractivity contribution in [1.29, 1.82) is 0 Å². The normalized spacial score (nSPS) is 15.5. The SMILES string of the molecule is COC(=O)C1(NC(=O)c2ccc3ccccc3c2O)CC1. The Morgan fingerprint density at radius 2 is 1.90 bits per heavy atom. The summed E-state index contributed by atoms with van der Waals surface area (Å²) in [5.41, 5.74) is -0.770. The summed E-state index contributed by atoms with van der Waals surface area (Å²) in [6, 6.07) is 10.6. The van der Waals surface area contributed by atoms with Crippen molar-refractivity contribution in [2.45, 2.75) is 18.4 Å². The van der Waals surface area contributed by atoms with Crippen LogP contribution in [0.1, 0.15) is 23.2 Å². The van der Waals surface area contributed by atoms with E-state index in [1.807, 2.05) is 12.1 Å². The second-order valence-electron chi connectivity index (χ2n) is 5.21. The topological polar surface area (TPSA) is 75.6 Å². The minimum Gasteiger partial charge on any atom is -0.506 e. The van der Waals surface area contributed by atoms with Crippen molar-refractivity contribution in [2.24, 2.45) is 0 Å². The fourth-order valence-corrected chi connectivity index (χ4v) is 2.42. The third-order valence-corrected chi connectivity index (χ3v) is 3.82. The zero-order valence-electron chi connectivity index (χ0n) is 11.6. The number of nitrogens with one attached hydrogen (secondary N) is 1. The molecule has 2 aromatic rings. The lowest BCUT2D eigenvalue weighted by Gasteiger charge is -2.15. The van der Waals surface area contributed by atoms with Crippen LogP contribution < -0.4 is 5.32 Å². The molecule has 5 heteroatoms. The van der Waals surface area contributed by atoms with Gasteiger partial charge in [0.2, 0.25) is 0 Å². The second kappa shape index (κ2) is 4.77. The summed E-state index contributed by atoms with van der Waals surface area (Å²) in [5, 5.41) is 14.4. The number of phenolic OH excluding ortho intramolecular Hbond substituents is 1. The molecule has 21 heavy (non-hydrogen) atoms. The van der Waals surface area contributed by atoms with E-state index in [0.717, 1.165) is 5.39 Å². The number of methoxy groups -OCH3 is 1. The molecule has 1 aliphatic rings. The molecule has 0 aliphatic heterocycles. The van der Waals surface area contributed by atoms with Crippen molar-refractivity contribution in [3.8, 4) is 5.75 Å². The van der Waals surface area contributed by atoms with Gasteiger partial charge in [0.1, 0.15) is 11.3 Å². The van der Waals surface area contributed by atoms with Crippen LogP contribution in [0.3, 0.4) is 0 Å². The number of esters is 1. The maximum absolute atomic E-state index is 12.3. The number of hydrogen-bond acceptors (Lipinski definition) is 4. The van der Waals surface area contributed by atoms with E-state index in [9.17, 15) is 14.7 Å². The van der Waals surface area contributed by atoms with Crippen LogP contribution in [0.5, 0.6) is 5.75 Å². The highest BCUT2D eigenvalue weighted by molar-refractivity contribution is 6.05. The molecule has 1 amide bonds. The summed E-state index contributed by atoms with van der Waals surface area (Å²) in [6.07, 6.45) is 1.11. The molecule has 2 N–H and O–H groups in total. The van der Waals surface area contributed by atoms with Crippen molar-refractivity contribution < 1.29 is 19.4 Å². The third-order valence-electron chi connectivity index (χ3n) is 3.82. The summed E-state index contributed by atoms with van der Waals surface area (Å²) in [6.45, 7) is 0. The van der Waals surface area contributed by atoms with Crippen LogP contribution in [0.4, 0.5) is 0 Å². The van der Waals surface area contributed by atoms with Gasteiger partial charge in [-0.3, -0.25) is 4.79 Å². The van der Waals surface area contributed by atoms with E-state index in [1.54, 1.807) is 24.3 Å². The van der Waals surface area contributed by atoms with Crippen LogP contribution in [-0.4, -0.2) is 29.6 Å². The molecule has 0 bridgehead atoms. The van der Waals surface area contributed by atoms with Crippen LogP contribution in [0, 0.1) is 0 Å². The average molecular weight is 285 g/mol. The quantitative estimate of drug-likeness (QED) is 0.846. The van der Waals surface area contributed by atoms with E-state index in [2.05, 4.69) is 5.32 Å². The highest BCUT2D eigenvalue weighted by atomic mass is 16.5. The molecule has 3 rings (SSSR count). The maximum atomic E-state index is 12.3. The Hall–Kier alpha value is -2.56. The predicted molar refractivity (Wildman–Crippen MR) is 77.1 cm³/mol. The zero-order valence-corrected chi connectivity index (χ0v) is 11.6. The molecule has 0 radical (unpaired) electrons. The molecule has 0 heterocycles. The highest BCUT2D eigenvalue weighted by Crippen LogP contribution is 2.37. The van der Waals surface area contributed by atoms with Gasteiger partial charge in [-0.2, -0.15) is 0 Å². The summed E-state index contributed by atoms with van der Waals surface area (Å²) in [4.78, 5) is 24.0. The fraction of sp³-hybridized carbons (Fsp3) is 0.250. The first kappa shape index (κ1) is 13.4. The molecule has 1 aliphatic carbocycles. The number of phenols is 1. The lowest BCUT2D eigenvalue weighted by molar-refractivity contribution is -0.144.